The van der Waals surface area contributed by atoms with Gasteiger partial charge in [-0.1, -0.05) is 52.0 Å². The number of aromatic nitrogens is 2. The number of imidazole rings is 1. The van der Waals surface area contributed by atoms with Gasteiger partial charge >= 0.3 is 0 Å². The van der Waals surface area contributed by atoms with Crippen molar-refractivity contribution in [3.63, 3.8) is 0 Å². The Hall–Kier alpha value is -4.21. The lowest BCUT2D eigenvalue weighted by atomic mass is 9.80. The molecule has 8 nitrogen and oxygen atoms in total. The molecule has 0 radical (unpaired) electrons. The number of H-pyrrole nitrogens is 1. The molecule has 1 unspecified atom stereocenters. The fourth-order valence-corrected chi connectivity index (χ4v) is 7.22. The van der Waals surface area contributed by atoms with E-state index in [4.69, 9.17) is 0 Å². The highest BCUT2D eigenvalue weighted by Crippen LogP contribution is 2.42. The lowest BCUT2D eigenvalue weighted by Gasteiger charge is -2.42. The number of phenolic OH excluding ortho intramolecular Hbond substituents is 1. The van der Waals surface area contributed by atoms with Crippen LogP contribution in [0.2, 0.25) is 0 Å². The summed E-state index contributed by atoms with van der Waals surface area (Å²) in [6.07, 6.45) is 9.68. The first-order chi connectivity index (χ1) is 22.6. The number of fused-ring (bicyclic) bond motifs is 1. The van der Waals surface area contributed by atoms with Gasteiger partial charge in [-0.15, -0.1) is 0 Å². The van der Waals surface area contributed by atoms with Crippen molar-refractivity contribution in [1.82, 2.24) is 19.8 Å². The van der Waals surface area contributed by atoms with E-state index in [1.54, 1.807) is 9.80 Å². The van der Waals surface area contributed by atoms with Crippen LogP contribution < -0.4 is 15.6 Å². The molecule has 0 bridgehead atoms. The van der Waals surface area contributed by atoms with Gasteiger partial charge in [0.1, 0.15) is 5.75 Å². The molecule has 2 amide bonds. The van der Waals surface area contributed by atoms with Crippen molar-refractivity contribution < 1.29 is 23.5 Å². The van der Waals surface area contributed by atoms with E-state index >= 15 is 8.78 Å². The van der Waals surface area contributed by atoms with Crippen molar-refractivity contribution >= 4 is 28.6 Å². The molecule has 1 saturated heterocycles. The number of halogens is 2. The number of alkyl halides is 2. The van der Waals surface area contributed by atoms with Crippen molar-refractivity contribution in [3.8, 4) is 5.75 Å². The molecule has 1 saturated carbocycles. The normalized spacial score (nSPS) is 20.1. The van der Waals surface area contributed by atoms with Gasteiger partial charge in [0.15, 0.2) is 0 Å². The fourth-order valence-electron chi connectivity index (χ4n) is 7.22. The van der Waals surface area contributed by atoms with Crippen LogP contribution >= 0.6 is 0 Å². The van der Waals surface area contributed by atoms with Crippen LogP contribution in [0.25, 0.3) is 11.1 Å². The molecule has 3 aliphatic rings. The van der Waals surface area contributed by atoms with E-state index in [0.29, 0.717) is 62.4 Å². The molecule has 3 heterocycles. The number of allylic oxidation sites excluding steroid dienone is 1. The first kappa shape index (κ1) is 34.1. The number of anilines is 1. The number of phenols is 1. The summed E-state index contributed by atoms with van der Waals surface area (Å²) in [6, 6.07) is 5.49. The molecule has 0 spiro atoms. The molecule has 1 aromatic carbocycles. The Bertz CT molecular complexity index is 1690. The van der Waals surface area contributed by atoms with Gasteiger partial charge in [0.25, 0.3) is 11.8 Å². The molecule has 47 heavy (non-hydrogen) atoms. The van der Waals surface area contributed by atoms with Gasteiger partial charge in [0.05, 0.1) is 28.8 Å². The molecule has 2 N–H and O–H groups in total. The molecule has 2 fully saturated rings. The van der Waals surface area contributed by atoms with Crippen LogP contribution in [0.5, 0.6) is 5.75 Å². The zero-order valence-corrected chi connectivity index (χ0v) is 27.8. The number of carbonyl (C=O) groups excluding carboxylic acids is 2. The van der Waals surface area contributed by atoms with Crippen LogP contribution in [0.1, 0.15) is 83.1 Å². The molecule has 252 valence electrons. The van der Waals surface area contributed by atoms with Crippen LogP contribution in [-0.4, -0.2) is 75.3 Å². The first-order valence-corrected chi connectivity index (χ1v) is 16.8. The lowest BCUT2D eigenvalue weighted by Crippen LogP contribution is -2.53. The van der Waals surface area contributed by atoms with Crippen molar-refractivity contribution in [2.75, 3.05) is 31.6 Å². The average Bonchev–Trinajstić information content (AvgIpc) is 3.38. The Balaban J connectivity index is 1.61. The predicted molar refractivity (Wildman–Crippen MR) is 181 cm³/mol. The highest BCUT2D eigenvalue weighted by Gasteiger charge is 2.39. The second kappa shape index (κ2) is 14.3. The Labute approximate surface area is 275 Å². The van der Waals surface area contributed by atoms with Crippen LogP contribution in [0.15, 0.2) is 61.1 Å². The Morgan fingerprint density at radius 3 is 2.53 bits per heavy atom. The second-order valence-electron chi connectivity index (χ2n) is 12.8. The van der Waals surface area contributed by atoms with Crippen molar-refractivity contribution in [1.29, 1.82) is 0 Å². The summed E-state index contributed by atoms with van der Waals surface area (Å²) < 4.78 is 30.0. The number of hydrogen-bond acceptors (Lipinski definition) is 5. The number of nitrogens with zero attached hydrogens (tertiary/aromatic N) is 4. The number of amides is 2. The zero-order chi connectivity index (χ0) is 33.9. The number of rotatable bonds is 10. The first-order valence-electron chi connectivity index (χ1n) is 16.8. The number of benzene rings is 1. The summed E-state index contributed by atoms with van der Waals surface area (Å²) in [7, 11) is 1.94. The van der Waals surface area contributed by atoms with Gasteiger partial charge in [-0.2, -0.15) is 0 Å². The molecule has 2 aromatic rings. The number of nitrogens with one attached hydrogen (secondary N) is 1. The zero-order valence-electron chi connectivity index (χ0n) is 27.8. The molecular weight excluding hydrogens is 600 g/mol. The smallest absolute Gasteiger partial charge is 0.275 e. The minimum absolute atomic E-state index is 0.0296. The third kappa shape index (κ3) is 6.64. The van der Waals surface area contributed by atoms with Gasteiger partial charge in [0, 0.05) is 56.4 Å². The van der Waals surface area contributed by atoms with E-state index in [2.05, 4.69) is 29.2 Å². The van der Waals surface area contributed by atoms with Crippen LogP contribution in [0, 0.1) is 0 Å². The molecular formula is C37H47F2N5O3. The van der Waals surface area contributed by atoms with E-state index in [1.165, 1.54) is 25.7 Å². The van der Waals surface area contributed by atoms with E-state index in [1.807, 2.05) is 31.0 Å². The summed E-state index contributed by atoms with van der Waals surface area (Å²) in [5.41, 5.74) is 3.95. The Morgan fingerprint density at radius 2 is 1.91 bits per heavy atom. The van der Waals surface area contributed by atoms with Gasteiger partial charge in [-0.05, 0) is 67.4 Å². The number of aromatic hydroxyl groups is 1. The maximum atomic E-state index is 15.0. The lowest BCUT2D eigenvalue weighted by molar-refractivity contribution is -0.131. The molecule has 1 aromatic heterocycles. The summed E-state index contributed by atoms with van der Waals surface area (Å²) in [6.45, 7) is 11.8. The van der Waals surface area contributed by atoms with Crippen molar-refractivity contribution in [2.24, 2.45) is 0 Å². The standard InChI is InChI=1S/C37H47F2N5O3/c1-6-12-27(34-35(41-23-40-34)28(7-2)37(38,39)9-4)36(47)44-20-18-29(26-15-11-19-43(22-31(26)44)33(46)8-3)42(5)30-17-16-25(21-32(30)45)24-13-10-14-24/h7-8,16-17,21,23-24,31,45H,2-3,6,9-15,18-20,22H2,1,4-5H3,(H,40,41)/b34-27-,35-28-. The van der Waals surface area contributed by atoms with E-state index in [-0.39, 0.29) is 40.4 Å². The predicted octanol–water partition coefficient (Wildman–Crippen LogP) is 5.52. The monoisotopic (exact) mass is 647 g/mol. The van der Waals surface area contributed by atoms with E-state index < -0.39 is 18.4 Å². The SMILES string of the molecule is C=CC(=O)N1CCCC2=C(N(C)c3ccc(C4CCC4)cc3O)CCN(C(=O)/C(CCC)=c3\[nH]cn\c3=C(\C=C)C(F)(F)CC)C2C1. The maximum absolute atomic E-state index is 15.0. The molecule has 1 aliphatic carbocycles. The quantitative estimate of drug-likeness (QED) is 0.332. The summed E-state index contributed by atoms with van der Waals surface area (Å²) >= 11 is 0. The minimum Gasteiger partial charge on any atom is -0.506 e. The van der Waals surface area contributed by atoms with Crippen LogP contribution in [0.4, 0.5) is 14.5 Å². The van der Waals surface area contributed by atoms with Crippen LogP contribution in [-0.2, 0) is 9.59 Å². The maximum Gasteiger partial charge on any atom is 0.275 e. The highest BCUT2D eigenvalue weighted by molar-refractivity contribution is 6.13. The van der Waals surface area contributed by atoms with Gasteiger partial charge in [-0.3, -0.25) is 9.59 Å². The summed E-state index contributed by atoms with van der Waals surface area (Å²) in [5.74, 6) is -2.93. The molecule has 5 rings (SSSR count). The van der Waals surface area contributed by atoms with E-state index in [0.717, 1.165) is 35.8 Å². The summed E-state index contributed by atoms with van der Waals surface area (Å²) in [5, 5.41) is 11.4. The third-order valence-electron chi connectivity index (χ3n) is 10.1. The fraction of sp³-hybridized carbons (Fsp3) is 0.486. The number of likely N-dealkylation sites (tertiary alicyclic amines) is 1. The average molecular weight is 648 g/mol. The highest BCUT2D eigenvalue weighted by atomic mass is 19.3. The molecule has 10 heteroatoms. The second-order valence-corrected chi connectivity index (χ2v) is 12.8. The number of aromatic amines is 1. The number of carbonyl (C=O) groups is 2. The third-order valence-corrected chi connectivity index (χ3v) is 10.1. The molecule has 2 aliphatic heterocycles. The Morgan fingerprint density at radius 1 is 1.15 bits per heavy atom. The minimum atomic E-state index is -3.17. The Kier molecular flexibility index (Phi) is 10.4. The topological polar surface area (TPSA) is 92.8 Å². The van der Waals surface area contributed by atoms with Gasteiger partial charge in [-0.25, -0.2) is 13.8 Å². The van der Waals surface area contributed by atoms with Crippen molar-refractivity contribution in [2.45, 2.75) is 89.5 Å². The van der Waals surface area contributed by atoms with Crippen molar-refractivity contribution in [3.05, 3.63) is 77.4 Å². The van der Waals surface area contributed by atoms with E-state index in [9.17, 15) is 14.7 Å². The van der Waals surface area contributed by atoms with Gasteiger partial charge in [0.2, 0.25) is 5.91 Å². The molecule has 1 atom stereocenters. The summed E-state index contributed by atoms with van der Waals surface area (Å²) in [4.78, 5) is 40.3. The van der Waals surface area contributed by atoms with Gasteiger partial charge < -0.3 is 24.8 Å². The van der Waals surface area contributed by atoms with Crippen LogP contribution in [0.3, 0.4) is 0 Å². The number of hydrogen-bond donors (Lipinski definition) is 2. The largest absolute Gasteiger partial charge is 0.506 e.